The quantitative estimate of drug-likeness (QED) is 0.691. The Kier molecular flexibility index (Phi) is 4.18. The first-order chi connectivity index (χ1) is 10.0. The number of nitrogens with one attached hydrogen (secondary N) is 1. The summed E-state index contributed by atoms with van der Waals surface area (Å²) in [5.74, 6) is 0.423. The molecule has 0 saturated carbocycles. The first-order valence-electron chi connectivity index (χ1n) is 6.21. The van der Waals surface area contributed by atoms with Crippen LogP contribution in [-0.2, 0) is 4.79 Å². The fraction of sp³-hybridized carbons (Fsp3) is 0.133. The molecule has 0 radical (unpaired) electrons. The van der Waals surface area contributed by atoms with Crippen LogP contribution in [0.2, 0.25) is 0 Å². The van der Waals surface area contributed by atoms with Crippen LogP contribution in [0.4, 0.5) is 11.4 Å². The molecule has 108 valence electrons. The van der Waals surface area contributed by atoms with Crippen molar-refractivity contribution in [3.8, 4) is 16.9 Å². The van der Waals surface area contributed by atoms with E-state index in [-0.39, 0.29) is 11.6 Å². The number of methoxy groups -OCH3 is 1. The Morgan fingerprint density at radius 3 is 2.38 bits per heavy atom. The van der Waals surface area contributed by atoms with Crippen LogP contribution < -0.4 is 10.1 Å². The zero-order valence-corrected chi connectivity index (χ0v) is 11.6. The smallest absolute Gasteiger partial charge is 0.271 e. The van der Waals surface area contributed by atoms with Crippen molar-refractivity contribution in [3.05, 3.63) is 52.6 Å². The lowest BCUT2D eigenvalue weighted by Gasteiger charge is -2.10. The van der Waals surface area contributed by atoms with E-state index in [9.17, 15) is 14.9 Å². The van der Waals surface area contributed by atoms with Crippen LogP contribution in [0.5, 0.6) is 5.75 Å². The molecule has 1 amide bonds. The Morgan fingerprint density at radius 2 is 1.86 bits per heavy atom. The SMILES string of the molecule is COc1ccc(-c2ccc([N+](=O)[O-])cc2NC(C)=O)cc1. The molecule has 1 N–H and O–H groups in total. The van der Waals surface area contributed by atoms with Gasteiger partial charge < -0.3 is 10.1 Å². The van der Waals surface area contributed by atoms with E-state index >= 15 is 0 Å². The highest BCUT2D eigenvalue weighted by molar-refractivity contribution is 5.94. The van der Waals surface area contributed by atoms with E-state index in [1.54, 1.807) is 25.3 Å². The molecule has 0 unspecified atom stereocenters. The average molecular weight is 286 g/mol. The lowest BCUT2D eigenvalue weighted by Crippen LogP contribution is -2.07. The molecule has 0 heterocycles. The van der Waals surface area contributed by atoms with Gasteiger partial charge in [0.2, 0.25) is 5.91 Å². The van der Waals surface area contributed by atoms with Gasteiger partial charge in [0.15, 0.2) is 0 Å². The molecule has 0 atom stereocenters. The molecular weight excluding hydrogens is 272 g/mol. The van der Waals surface area contributed by atoms with E-state index < -0.39 is 4.92 Å². The Bertz CT molecular complexity index is 681. The van der Waals surface area contributed by atoms with Gasteiger partial charge in [0.05, 0.1) is 17.7 Å². The van der Waals surface area contributed by atoms with E-state index in [0.717, 1.165) is 5.56 Å². The van der Waals surface area contributed by atoms with E-state index in [1.807, 2.05) is 12.1 Å². The molecule has 21 heavy (non-hydrogen) atoms. The van der Waals surface area contributed by atoms with E-state index in [1.165, 1.54) is 19.1 Å². The van der Waals surface area contributed by atoms with Gasteiger partial charge in [-0.25, -0.2) is 0 Å². The fourth-order valence-electron chi connectivity index (χ4n) is 1.96. The maximum atomic E-state index is 11.3. The number of rotatable bonds is 4. The van der Waals surface area contributed by atoms with Crippen LogP contribution >= 0.6 is 0 Å². The van der Waals surface area contributed by atoms with Gasteiger partial charge in [0, 0.05) is 24.6 Å². The summed E-state index contributed by atoms with van der Waals surface area (Å²) in [5.41, 5.74) is 1.87. The van der Waals surface area contributed by atoms with Crippen molar-refractivity contribution in [2.24, 2.45) is 0 Å². The van der Waals surface area contributed by atoms with Gasteiger partial charge in [-0.3, -0.25) is 14.9 Å². The van der Waals surface area contributed by atoms with Crippen molar-refractivity contribution >= 4 is 17.3 Å². The zero-order chi connectivity index (χ0) is 15.4. The number of carbonyl (C=O) groups is 1. The van der Waals surface area contributed by atoms with Gasteiger partial charge in [0.1, 0.15) is 5.75 Å². The molecule has 0 spiro atoms. The first kappa shape index (κ1) is 14.5. The number of non-ortho nitro benzene ring substituents is 1. The molecule has 0 aromatic heterocycles. The topological polar surface area (TPSA) is 81.5 Å². The number of anilines is 1. The van der Waals surface area contributed by atoms with Crippen LogP contribution in [0.15, 0.2) is 42.5 Å². The average Bonchev–Trinajstić information content (AvgIpc) is 2.46. The third-order valence-corrected chi connectivity index (χ3v) is 2.93. The Balaban J connectivity index is 2.49. The number of nitro benzene ring substituents is 1. The molecule has 0 saturated heterocycles. The Hall–Kier alpha value is -2.89. The third kappa shape index (κ3) is 3.36. The van der Waals surface area contributed by atoms with E-state index in [2.05, 4.69) is 5.32 Å². The number of nitro groups is 1. The van der Waals surface area contributed by atoms with Crippen LogP contribution in [0.25, 0.3) is 11.1 Å². The molecule has 2 aromatic carbocycles. The van der Waals surface area contributed by atoms with Crippen molar-refractivity contribution < 1.29 is 14.5 Å². The highest BCUT2D eigenvalue weighted by atomic mass is 16.6. The number of benzene rings is 2. The van der Waals surface area contributed by atoms with Gasteiger partial charge in [-0.1, -0.05) is 12.1 Å². The minimum absolute atomic E-state index is 0.0731. The molecule has 0 aliphatic carbocycles. The molecule has 6 nitrogen and oxygen atoms in total. The minimum atomic E-state index is -0.497. The standard InChI is InChI=1S/C15H14N2O4/c1-10(18)16-15-9-12(17(19)20)5-8-14(15)11-3-6-13(21-2)7-4-11/h3-9H,1-2H3,(H,16,18). The van der Waals surface area contributed by atoms with Crippen LogP contribution in [0.1, 0.15) is 6.92 Å². The van der Waals surface area contributed by atoms with Gasteiger partial charge >= 0.3 is 0 Å². The molecule has 0 fully saturated rings. The summed E-state index contributed by atoms with van der Waals surface area (Å²) < 4.78 is 5.09. The number of hydrogen-bond acceptors (Lipinski definition) is 4. The largest absolute Gasteiger partial charge is 0.497 e. The number of carbonyl (C=O) groups excluding carboxylic acids is 1. The van der Waals surface area contributed by atoms with Crippen LogP contribution in [-0.4, -0.2) is 17.9 Å². The Labute approximate surface area is 121 Å². The second-order valence-corrected chi connectivity index (χ2v) is 4.40. The van der Waals surface area contributed by atoms with Crippen molar-refractivity contribution in [3.63, 3.8) is 0 Å². The van der Waals surface area contributed by atoms with E-state index in [0.29, 0.717) is 17.0 Å². The summed E-state index contributed by atoms with van der Waals surface area (Å²) >= 11 is 0. The normalized spacial score (nSPS) is 10.0. The third-order valence-electron chi connectivity index (χ3n) is 2.93. The zero-order valence-electron chi connectivity index (χ0n) is 11.6. The summed E-state index contributed by atoms with van der Waals surface area (Å²) in [4.78, 5) is 21.6. The summed E-state index contributed by atoms with van der Waals surface area (Å²) in [6.45, 7) is 1.36. The van der Waals surface area contributed by atoms with Gasteiger partial charge in [-0.05, 0) is 23.8 Å². The molecule has 2 rings (SSSR count). The summed E-state index contributed by atoms with van der Waals surface area (Å²) in [6.07, 6.45) is 0. The van der Waals surface area contributed by atoms with E-state index in [4.69, 9.17) is 4.74 Å². The predicted octanol–water partition coefficient (Wildman–Crippen LogP) is 3.23. The maximum Gasteiger partial charge on any atom is 0.271 e. The number of ether oxygens (including phenoxy) is 1. The molecule has 0 aliphatic rings. The van der Waals surface area contributed by atoms with Crippen molar-refractivity contribution in [1.82, 2.24) is 0 Å². The van der Waals surface area contributed by atoms with Gasteiger partial charge in [-0.2, -0.15) is 0 Å². The highest BCUT2D eigenvalue weighted by Crippen LogP contribution is 2.32. The van der Waals surface area contributed by atoms with Crippen molar-refractivity contribution in [1.29, 1.82) is 0 Å². The Morgan fingerprint density at radius 1 is 1.19 bits per heavy atom. The molecular formula is C15H14N2O4. The second kappa shape index (κ2) is 6.04. The summed E-state index contributed by atoms with van der Waals surface area (Å²) in [5, 5.41) is 13.5. The lowest BCUT2D eigenvalue weighted by molar-refractivity contribution is -0.384. The molecule has 0 aliphatic heterocycles. The number of hydrogen-bond donors (Lipinski definition) is 1. The monoisotopic (exact) mass is 286 g/mol. The highest BCUT2D eigenvalue weighted by Gasteiger charge is 2.13. The van der Waals surface area contributed by atoms with Crippen molar-refractivity contribution in [2.45, 2.75) is 6.92 Å². The van der Waals surface area contributed by atoms with Crippen LogP contribution in [0, 0.1) is 10.1 Å². The first-order valence-corrected chi connectivity index (χ1v) is 6.21. The second-order valence-electron chi connectivity index (χ2n) is 4.40. The molecule has 0 bridgehead atoms. The number of nitrogens with zero attached hydrogens (tertiary/aromatic N) is 1. The van der Waals surface area contributed by atoms with Gasteiger partial charge in [0.25, 0.3) is 5.69 Å². The fourth-order valence-corrected chi connectivity index (χ4v) is 1.96. The summed E-state index contributed by atoms with van der Waals surface area (Å²) in [6, 6.07) is 11.6. The summed E-state index contributed by atoms with van der Waals surface area (Å²) in [7, 11) is 1.57. The predicted molar refractivity (Wildman–Crippen MR) is 79.4 cm³/mol. The minimum Gasteiger partial charge on any atom is -0.497 e. The maximum absolute atomic E-state index is 11.3. The number of amides is 1. The van der Waals surface area contributed by atoms with Gasteiger partial charge in [-0.15, -0.1) is 0 Å². The van der Waals surface area contributed by atoms with Crippen LogP contribution in [0.3, 0.4) is 0 Å². The molecule has 6 heteroatoms. The molecule has 2 aromatic rings. The lowest BCUT2D eigenvalue weighted by atomic mass is 10.0. The van der Waals surface area contributed by atoms with Crippen molar-refractivity contribution in [2.75, 3.05) is 12.4 Å².